The minimum Gasteiger partial charge on any atom is -0.396 e. The first-order valence-electron chi connectivity index (χ1n) is 5.16. The SMILES string of the molecule is CC(C#N)CN(C)C(=O)c1cccc(F)c1N. The number of rotatable bonds is 3. The zero-order chi connectivity index (χ0) is 13.0. The molecule has 0 aliphatic rings. The van der Waals surface area contributed by atoms with E-state index in [1.807, 2.05) is 6.07 Å². The molecule has 2 N–H and O–H groups in total. The number of nitrogens with zero attached hydrogens (tertiary/aromatic N) is 2. The lowest BCUT2D eigenvalue weighted by Crippen LogP contribution is -2.31. The van der Waals surface area contributed by atoms with E-state index in [-0.39, 0.29) is 29.6 Å². The molecule has 1 unspecified atom stereocenters. The summed E-state index contributed by atoms with van der Waals surface area (Å²) < 4.78 is 13.2. The average Bonchev–Trinajstić information content (AvgIpc) is 2.31. The Morgan fingerprint density at radius 2 is 2.29 bits per heavy atom. The van der Waals surface area contributed by atoms with Gasteiger partial charge in [-0.2, -0.15) is 5.26 Å². The molecule has 0 spiro atoms. The predicted octanol–water partition coefficient (Wildman–Crippen LogP) is 1.64. The molecule has 90 valence electrons. The predicted molar refractivity (Wildman–Crippen MR) is 62.5 cm³/mol. The molecule has 1 atom stereocenters. The van der Waals surface area contributed by atoms with E-state index in [4.69, 9.17) is 11.0 Å². The number of nitrogen functional groups attached to an aromatic ring is 1. The number of hydrogen-bond acceptors (Lipinski definition) is 3. The normalized spacial score (nSPS) is 11.6. The summed E-state index contributed by atoms with van der Waals surface area (Å²) in [5.74, 6) is -1.28. The van der Waals surface area contributed by atoms with Crippen molar-refractivity contribution in [2.45, 2.75) is 6.92 Å². The van der Waals surface area contributed by atoms with E-state index in [1.165, 1.54) is 23.1 Å². The number of hydrogen-bond donors (Lipinski definition) is 1. The van der Waals surface area contributed by atoms with Crippen molar-refractivity contribution in [3.63, 3.8) is 0 Å². The van der Waals surface area contributed by atoms with E-state index in [0.29, 0.717) is 0 Å². The van der Waals surface area contributed by atoms with Crippen LogP contribution in [0.1, 0.15) is 17.3 Å². The van der Waals surface area contributed by atoms with Crippen LogP contribution >= 0.6 is 0 Å². The molecule has 1 aromatic rings. The summed E-state index contributed by atoms with van der Waals surface area (Å²) in [4.78, 5) is 13.3. The minimum absolute atomic E-state index is 0.123. The number of amides is 1. The van der Waals surface area contributed by atoms with Gasteiger partial charge in [0.15, 0.2) is 0 Å². The first-order chi connectivity index (χ1) is 7.97. The van der Waals surface area contributed by atoms with Crippen molar-refractivity contribution in [1.29, 1.82) is 5.26 Å². The van der Waals surface area contributed by atoms with Gasteiger partial charge in [0.1, 0.15) is 5.82 Å². The molecule has 0 saturated carbocycles. The van der Waals surface area contributed by atoms with Crippen molar-refractivity contribution >= 4 is 11.6 Å². The fourth-order valence-corrected chi connectivity index (χ4v) is 1.46. The van der Waals surface area contributed by atoms with Crippen LogP contribution in [0.5, 0.6) is 0 Å². The highest BCUT2D eigenvalue weighted by atomic mass is 19.1. The third kappa shape index (κ3) is 2.94. The number of carbonyl (C=O) groups is 1. The lowest BCUT2D eigenvalue weighted by molar-refractivity contribution is 0.0785. The highest BCUT2D eigenvalue weighted by molar-refractivity contribution is 5.99. The van der Waals surface area contributed by atoms with Gasteiger partial charge in [0, 0.05) is 13.6 Å². The van der Waals surface area contributed by atoms with Gasteiger partial charge in [-0.05, 0) is 19.1 Å². The lowest BCUT2D eigenvalue weighted by Gasteiger charge is -2.19. The van der Waals surface area contributed by atoms with E-state index < -0.39 is 5.82 Å². The molecule has 0 fully saturated rings. The molecule has 1 aromatic carbocycles. The lowest BCUT2D eigenvalue weighted by atomic mass is 10.1. The minimum atomic E-state index is -0.613. The molecule has 0 aromatic heterocycles. The standard InChI is InChI=1S/C12H14FN3O/c1-8(6-14)7-16(2)12(17)9-4-3-5-10(13)11(9)15/h3-5,8H,7,15H2,1-2H3. The summed E-state index contributed by atoms with van der Waals surface area (Å²) >= 11 is 0. The molecular weight excluding hydrogens is 221 g/mol. The Kier molecular flexibility index (Phi) is 4.05. The van der Waals surface area contributed by atoms with Crippen molar-refractivity contribution in [3.05, 3.63) is 29.6 Å². The van der Waals surface area contributed by atoms with Gasteiger partial charge < -0.3 is 10.6 Å². The molecule has 0 aliphatic heterocycles. The van der Waals surface area contributed by atoms with Gasteiger partial charge >= 0.3 is 0 Å². The molecule has 0 aliphatic carbocycles. The molecule has 0 heterocycles. The maximum atomic E-state index is 13.2. The largest absolute Gasteiger partial charge is 0.396 e. The second-order valence-corrected chi connectivity index (χ2v) is 3.92. The Morgan fingerprint density at radius 3 is 2.88 bits per heavy atom. The molecule has 1 rings (SSSR count). The zero-order valence-corrected chi connectivity index (χ0v) is 9.77. The quantitative estimate of drug-likeness (QED) is 0.809. The highest BCUT2D eigenvalue weighted by Gasteiger charge is 2.18. The molecule has 0 bridgehead atoms. The smallest absolute Gasteiger partial charge is 0.255 e. The van der Waals surface area contributed by atoms with E-state index in [0.717, 1.165) is 0 Å². The third-order valence-electron chi connectivity index (χ3n) is 2.40. The number of halogens is 1. The van der Waals surface area contributed by atoms with Crippen LogP contribution in [0.2, 0.25) is 0 Å². The Bertz CT molecular complexity index is 467. The monoisotopic (exact) mass is 235 g/mol. The molecule has 0 radical (unpaired) electrons. The Morgan fingerprint density at radius 1 is 1.65 bits per heavy atom. The summed E-state index contributed by atoms with van der Waals surface area (Å²) in [5.41, 5.74) is 5.46. The number of nitriles is 1. The van der Waals surface area contributed by atoms with Crippen molar-refractivity contribution < 1.29 is 9.18 Å². The number of carbonyl (C=O) groups excluding carboxylic acids is 1. The van der Waals surface area contributed by atoms with Crippen LogP contribution < -0.4 is 5.73 Å². The first-order valence-corrected chi connectivity index (χ1v) is 5.16. The van der Waals surface area contributed by atoms with Gasteiger partial charge in [-0.3, -0.25) is 4.79 Å². The van der Waals surface area contributed by atoms with Crippen molar-refractivity contribution in [3.8, 4) is 6.07 Å². The Labute approximate surface area is 99.4 Å². The van der Waals surface area contributed by atoms with Gasteiger partial charge in [-0.1, -0.05) is 6.07 Å². The second-order valence-electron chi connectivity index (χ2n) is 3.92. The van der Waals surface area contributed by atoms with E-state index in [1.54, 1.807) is 14.0 Å². The molecule has 1 amide bonds. The van der Waals surface area contributed by atoms with Crippen molar-refractivity contribution in [1.82, 2.24) is 4.90 Å². The maximum absolute atomic E-state index is 13.2. The van der Waals surface area contributed by atoms with Crippen LogP contribution in [0.3, 0.4) is 0 Å². The molecule has 17 heavy (non-hydrogen) atoms. The summed E-state index contributed by atoms with van der Waals surface area (Å²) in [6.07, 6.45) is 0. The van der Waals surface area contributed by atoms with Gasteiger partial charge in [0.2, 0.25) is 0 Å². The van der Waals surface area contributed by atoms with E-state index in [2.05, 4.69) is 0 Å². The Balaban J connectivity index is 2.90. The summed E-state index contributed by atoms with van der Waals surface area (Å²) in [5, 5.41) is 8.66. The van der Waals surface area contributed by atoms with Crippen molar-refractivity contribution in [2.24, 2.45) is 5.92 Å². The molecule has 5 heteroatoms. The van der Waals surface area contributed by atoms with Gasteiger partial charge in [-0.25, -0.2) is 4.39 Å². The second kappa shape index (κ2) is 5.30. The molecular formula is C12H14FN3O. The fraction of sp³-hybridized carbons (Fsp3) is 0.333. The third-order valence-corrected chi connectivity index (χ3v) is 2.40. The number of benzene rings is 1. The topological polar surface area (TPSA) is 70.1 Å². The number of para-hydroxylation sites is 1. The van der Waals surface area contributed by atoms with Crippen LogP contribution in [0.4, 0.5) is 10.1 Å². The van der Waals surface area contributed by atoms with Crippen LogP contribution in [-0.2, 0) is 0 Å². The maximum Gasteiger partial charge on any atom is 0.255 e. The van der Waals surface area contributed by atoms with Crippen LogP contribution in [-0.4, -0.2) is 24.4 Å². The zero-order valence-electron chi connectivity index (χ0n) is 9.77. The van der Waals surface area contributed by atoms with Crippen LogP contribution in [0.25, 0.3) is 0 Å². The van der Waals surface area contributed by atoms with E-state index >= 15 is 0 Å². The average molecular weight is 235 g/mol. The van der Waals surface area contributed by atoms with Gasteiger partial charge in [0.25, 0.3) is 5.91 Å². The number of nitrogens with two attached hydrogens (primary N) is 1. The number of anilines is 1. The summed E-state index contributed by atoms with van der Waals surface area (Å²) in [6.45, 7) is 1.99. The summed E-state index contributed by atoms with van der Waals surface area (Å²) in [7, 11) is 1.56. The first kappa shape index (κ1) is 13.0. The van der Waals surface area contributed by atoms with Gasteiger partial charge in [-0.15, -0.1) is 0 Å². The van der Waals surface area contributed by atoms with Crippen LogP contribution in [0, 0.1) is 23.1 Å². The van der Waals surface area contributed by atoms with Crippen LogP contribution in [0.15, 0.2) is 18.2 Å². The van der Waals surface area contributed by atoms with Gasteiger partial charge in [0.05, 0.1) is 23.2 Å². The Hall–Kier alpha value is -2.09. The summed E-state index contributed by atoms with van der Waals surface area (Å²) in [6, 6.07) is 6.12. The van der Waals surface area contributed by atoms with E-state index in [9.17, 15) is 9.18 Å². The molecule has 4 nitrogen and oxygen atoms in total. The molecule has 0 saturated heterocycles. The highest BCUT2D eigenvalue weighted by Crippen LogP contribution is 2.17. The fourth-order valence-electron chi connectivity index (χ4n) is 1.46. The van der Waals surface area contributed by atoms with Crippen molar-refractivity contribution in [2.75, 3.05) is 19.3 Å².